The van der Waals surface area contributed by atoms with E-state index in [2.05, 4.69) is 14.2 Å². The number of esters is 1. The fourth-order valence-electron chi connectivity index (χ4n) is 3.22. The van der Waals surface area contributed by atoms with Crippen LogP contribution < -0.4 is 9.46 Å². The summed E-state index contributed by atoms with van der Waals surface area (Å²) in [5.41, 5.74) is 0. The van der Waals surface area contributed by atoms with Crippen LogP contribution >= 0.6 is 0 Å². The molecule has 6 nitrogen and oxygen atoms in total. The summed E-state index contributed by atoms with van der Waals surface area (Å²) in [5.74, 6) is -1.50. The Morgan fingerprint density at radius 1 is 1.22 bits per heavy atom. The second-order valence-electron chi connectivity index (χ2n) is 6.43. The minimum atomic E-state index is -5.05. The van der Waals surface area contributed by atoms with Crippen LogP contribution in [0.25, 0.3) is 0 Å². The Morgan fingerprint density at radius 2 is 1.85 bits per heavy atom. The van der Waals surface area contributed by atoms with Crippen molar-refractivity contribution in [2.45, 2.75) is 55.8 Å². The lowest BCUT2D eigenvalue weighted by atomic mass is 9.85. The van der Waals surface area contributed by atoms with E-state index < -0.39 is 39.0 Å². The zero-order chi connectivity index (χ0) is 20.1. The van der Waals surface area contributed by atoms with Crippen LogP contribution in [0.15, 0.2) is 29.2 Å². The first kappa shape index (κ1) is 21.5. The van der Waals surface area contributed by atoms with Gasteiger partial charge >= 0.3 is 12.3 Å². The number of alkyl halides is 3. The standard InChI is InChI=1S/C17H22F3NO5S/c1-25-16(22)13(11-12-7-3-2-4-8-12)21-27(23,24)15-10-6-5-9-14(15)26-17(18,19)20/h5-6,9-10,12-13,21H,2-4,7-8,11H2,1H3. The van der Waals surface area contributed by atoms with Crippen LogP contribution in [0.3, 0.4) is 0 Å². The molecule has 0 aliphatic heterocycles. The number of carbonyl (C=O) groups excluding carboxylic acids is 1. The average molecular weight is 409 g/mol. The maximum atomic E-state index is 12.6. The molecule has 1 aromatic carbocycles. The SMILES string of the molecule is COC(=O)C(CC1CCCCC1)NS(=O)(=O)c1ccccc1OC(F)(F)F. The quantitative estimate of drug-likeness (QED) is 0.699. The Balaban J connectivity index is 2.24. The van der Waals surface area contributed by atoms with Gasteiger partial charge < -0.3 is 9.47 Å². The third kappa shape index (κ3) is 6.39. The van der Waals surface area contributed by atoms with Crippen LogP contribution in [0.2, 0.25) is 0 Å². The third-order valence-corrected chi connectivity index (χ3v) is 5.95. The summed E-state index contributed by atoms with van der Waals surface area (Å²) < 4.78 is 73.6. The van der Waals surface area contributed by atoms with Crippen LogP contribution in [-0.2, 0) is 19.6 Å². The molecule has 2 rings (SSSR count). The molecule has 27 heavy (non-hydrogen) atoms. The normalized spacial score (nSPS) is 17.3. The number of rotatable bonds is 7. The molecule has 1 fully saturated rings. The number of nitrogens with one attached hydrogen (secondary N) is 1. The molecule has 1 N–H and O–H groups in total. The molecule has 152 valence electrons. The van der Waals surface area contributed by atoms with E-state index in [1.165, 1.54) is 12.1 Å². The topological polar surface area (TPSA) is 81.7 Å². The second kappa shape index (κ2) is 8.92. The van der Waals surface area contributed by atoms with Gasteiger partial charge in [-0.2, -0.15) is 4.72 Å². The van der Waals surface area contributed by atoms with Gasteiger partial charge in [-0.15, -0.1) is 13.2 Å². The molecule has 0 spiro atoms. The van der Waals surface area contributed by atoms with Crippen molar-refractivity contribution >= 4 is 16.0 Å². The number of ether oxygens (including phenoxy) is 2. The van der Waals surface area contributed by atoms with Crippen molar-refractivity contribution in [3.8, 4) is 5.75 Å². The summed E-state index contributed by atoms with van der Waals surface area (Å²) in [5, 5.41) is 0. The predicted molar refractivity (Wildman–Crippen MR) is 90.4 cm³/mol. The summed E-state index contributed by atoms with van der Waals surface area (Å²) >= 11 is 0. The lowest BCUT2D eigenvalue weighted by Gasteiger charge is -2.26. The summed E-state index contributed by atoms with van der Waals surface area (Å²) in [6.07, 6.45) is -0.00986. The van der Waals surface area contributed by atoms with Crippen molar-refractivity contribution in [3.63, 3.8) is 0 Å². The monoisotopic (exact) mass is 409 g/mol. The molecule has 0 amide bonds. The first-order chi connectivity index (χ1) is 12.6. The minimum Gasteiger partial charge on any atom is -0.468 e. The molecule has 0 radical (unpaired) electrons. The fraction of sp³-hybridized carbons (Fsp3) is 0.588. The third-order valence-electron chi connectivity index (χ3n) is 4.44. The molecular weight excluding hydrogens is 387 g/mol. The smallest absolute Gasteiger partial charge is 0.468 e. The zero-order valence-corrected chi connectivity index (χ0v) is 15.6. The Kier molecular flexibility index (Phi) is 7.10. The molecule has 0 aromatic heterocycles. The minimum absolute atomic E-state index is 0.146. The first-order valence-corrected chi connectivity index (χ1v) is 10.1. The molecule has 10 heteroatoms. The summed E-state index contributed by atoms with van der Waals surface area (Å²) in [6, 6.07) is 3.20. The molecular formula is C17H22F3NO5S. The van der Waals surface area contributed by atoms with E-state index in [9.17, 15) is 26.4 Å². The molecule has 1 aliphatic carbocycles. The van der Waals surface area contributed by atoms with Gasteiger partial charge in [-0.3, -0.25) is 4.79 Å². The van der Waals surface area contributed by atoms with Crippen molar-refractivity contribution < 1.29 is 35.9 Å². The highest BCUT2D eigenvalue weighted by molar-refractivity contribution is 7.89. The van der Waals surface area contributed by atoms with Gasteiger partial charge in [0.25, 0.3) is 0 Å². The summed E-state index contributed by atoms with van der Waals surface area (Å²) in [7, 11) is -3.31. The molecule has 1 aromatic rings. The number of sulfonamides is 1. The van der Waals surface area contributed by atoms with Crippen LogP contribution in [-0.4, -0.2) is 33.9 Å². The van der Waals surface area contributed by atoms with E-state index in [1.54, 1.807) is 0 Å². The van der Waals surface area contributed by atoms with Crippen LogP contribution in [0.1, 0.15) is 38.5 Å². The number of carbonyl (C=O) groups is 1. The predicted octanol–water partition coefficient (Wildman–Crippen LogP) is 3.38. The molecule has 1 atom stereocenters. The van der Waals surface area contributed by atoms with Gasteiger partial charge in [-0.05, 0) is 24.5 Å². The molecule has 0 heterocycles. The maximum Gasteiger partial charge on any atom is 0.573 e. The number of hydrogen-bond donors (Lipinski definition) is 1. The Bertz CT molecular complexity index is 745. The van der Waals surface area contributed by atoms with E-state index in [0.717, 1.165) is 51.3 Å². The zero-order valence-electron chi connectivity index (χ0n) is 14.8. The summed E-state index contributed by atoms with van der Waals surface area (Å²) in [6.45, 7) is 0. The number of methoxy groups -OCH3 is 1. The van der Waals surface area contributed by atoms with Gasteiger partial charge in [-0.25, -0.2) is 8.42 Å². The molecule has 1 saturated carbocycles. The largest absolute Gasteiger partial charge is 0.573 e. The van der Waals surface area contributed by atoms with Gasteiger partial charge in [-0.1, -0.05) is 44.2 Å². The summed E-state index contributed by atoms with van der Waals surface area (Å²) in [4.78, 5) is 11.4. The highest BCUT2D eigenvalue weighted by atomic mass is 32.2. The van der Waals surface area contributed by atoms with Gasteiger partial charge in [0.15, 0.2) is 0 Å². The highest BCUT2D eigenvalue weighted by Crippen LogP contribution is 2.31. The Hall–Kier alpha value is -1.81. The van der Waals surface area contributed by atoms with Crippen molar-refractivity contribution in [3.05, 3.63) is 24.3 Å². The van der Waals surface area contributed by atoms with Crippen molar-refractivity contribution in [2.75, 3.05) is 7.11 Å². The Morgan fingerprint density at radius 3 is 2.44 bits per heavy atom. The van der Waals surface area contributed by atoms with E-state index in [1.807, 2.05) is 0 Å². The van der Waals surface area contributed by atoms with E-state index >= 15 is 0 Å². The van der Waals surface area contributed by atoms with Crippen molar-refractivity contribution in [1.82, 2.24) is 4.72 Å². The van der Waals surface area contributed by atoms with Crippen molar-refractivity contribution in [1.29, 1.82) is 0 Å². The lowest BCUT2D eigenvalue weighted by Crippen LogP contribution is -2.43. The molecule has 1 aliphatic rings. The molecule has 0 saturated heterocycles. The van der Waals surface area contributed by atoms with Gasteiger partial charge in [0.1, 0.15) is 16.7 Å². The second-order valence-corrected chi connectivity index (χ2v) is 8.11. The van der Waals surface area contributed by atoms with Gasteiger partial charge in [0.05, 0.1) is 7.11 Å². The van der Waals surface area contributed by atoms with Crippen LogP contribution in [0.5, 0.6) is 5.75 Å². The average Bonchev–Trinajstić information content (AvgIpc) is 2.60. The Labute approximate surface area is 156 Å². The van der Waals surface area contributed by atoms with E-state index in [-0.39, 0.29) is 12.3 Å². The number of benzene rings is 1. The first-order valence-electron chi connectivity index (χ1n) is 8.57. The lowest BCUT2D eigenvalue weighted by molar-refractivity contribution is -0.275. The molecule has 1 unspecified atom stereocenters. The van der Waals surface area contributed by atoms with Gasteiger partial charge in [0.2, 0.25) is 10.0 Å². The molecule has 0 bridgehead atoms. The van der Waals surface area contributed by atoms with Crippen LogP contribution in [0.4, 0.5) is 13.2 Å². The number of hydrogen-bond acceptors (Lipinski definition) is 5. The fourth-order valence-corrected chi connectivity index (χ4v) is 4.55. The number of para-hydroxylation sites is 1. The number of halogens is 3. The highest BCUT2D eigenvalue weighted by Gasteiger charge is 2.35. The maximum absolute atomic E-state index is 12.6. The van der Waals surface area contributed by atoms with Gasteiger partial charge in [0, 0.05) is 0 Å². The van der Waals surface area contributed by atoms with Crippen LogP contribution in [0, 0.1) is 5.92 Å². The van der Waals surface area contributed by atoms with E-state index in [0.29, 0.717) is 0 Å². The van der Waals surface area contributed by atoms with Crippen molar-refractivity contribution in [2.24, 2.45) is 5.92 Å². The van der Waals surface area contributed by atoms with E-state index in [4.69, 9.17) is 0 Å².